The highest BCUT2D eigenvalue weighted by molar-refractivity contribution is 5.94. The first-order chi connectivity index (χ1) is 7.22. The molecular weight excluding hydrogens is 196 g/mol. The Labute approximate surface area is 87.8 Å². The quantitative estimate of drug-likeness (QED) is 0.540. The Hall–Kier alpha value is -1.78. The summed E-state index contributed by atoms with van der Waals surface area (Å²) in [7, 11) is 1.26. The van der Waals surface area contributed by atoms with Crippen LogP contribution in [0.2, 0.25) is 0 Å². The van der Waals surface area contributed by atoms with Crippen LogP contribution >= 0.6 is 0 Å². The van der Waals surface area contributed by atoms with Gasteiger partial charge in [0, 0.05) is 24.9 Å². The van der Waals surface area contributed by atoms with Crippen LogP contribution in [-0.2, 0) is 20.7 Å². The van der Waals surface area contributed by atoms with Crippen LogP contribution in [0.3, 0.4) is 0 Å². The Morgan fingerprint density at radius 1 is 1.53 bits per heavy atom. The number of rotatable bonds is 5. The van der Waals surface area contributed by atoms with Crippen molar-refractivity contribution in [3.63, 3.8) is 0 Å². The fraction of sp³-hybridized carbons (Fsp3) is 0.400. The zero-order valence-corrected chi connectivity index (χ0v) is 8.58. The standard InChI is InChI=1S/C10H14N2O3/c1-15-10(14)7-9(13)12-6-4-8-3-2-5-11-8/h2-3,5,11H,4,6-7H2,1H3,(H,12,13). The normalized spacial score (nSPS) is 9.67. The van der Waals surface area contributed by atoms with Gasteiger partial charge in [-0.05, 0) is 12.1 Å². The molecule has 1 amide bonds. The summed E-state index contributed by atoms with van der Waals surface area (Å²) >= 11 is 0. The van der Waals surface area contributed by atoms with E-state index >= 15 is 0 Å². The van der Waals surface area contributed by atoms with Gasteiger partial charge in [0.25, 0.3) is 0 Å². The number of aromatic nitrogens is 1. The number of ether oxygens (including phenoxy) is 1. The highest BCUT2D eigenvalue weighted by Gasteiger charge is 2.08. The van der Waals surface area contributed by atoms with E-state index in [4.69, 9.17) is 0 Å². The molecule has 82 valence electrons. The number of methoxy groups -OCH3 is 1. The molecule has 0 aliphatic carbocycles. The topological polar surface area (TPSA) is 71.2 Å². The van der Waals surface area contributed by atoms with E-state index in [9.17, 15) is 9.59 Å². The fourth-order valence-electron chi connectivity index (χ4n) is 1.13. The maximum absolute atomic E-state index is 11.1. The third-order valence-corrected chi connectivity index (χ3v) is 1.91. The zero-order valence-electron chi connectivity index (χ0n) is 8.58. The first-order valence-corrected chi connectivity index (χ1v) is 4.68. The van der Waals surface area contributed by atoms with E-state index in [2.05, 4.69) is 15.0 Å². The molecule has 0 bridgehead atoms. The predicted molar refractivity (Wildman–Crippen MR) is 54.1 cm³/mol. The van der Waals surface area contributed by atoms with Crippen LogP contribution in [0.1, 0.15) is 12.1 Å². The van der Waals surface area contributed by atoms with E-state index in [0.717, 1.165) is 12.1 Å². The molecule has 0 aromatic carbocycles. The van der Waals surface area contributed by atoms with Crippen molar-refractivity contribution in [3.05, 3.63) is 24.0 Å². The summed E-state index contributed by atoms with van der Waals surface area (Å²) < 4.78 is 4.37. The number of amides is 1. The molecule has 15 heavy (non-hydrogen) atoms. The van der Waals surface area contributed by atoms with Crippen molar-refractivity contribution in [3.8, 4) is 0 Å². The van der Waals surface area contributed by atoms with Crippen LogP contribution in [0.15, 0.2) is 18.3 Å². The summed E-state index contributed by atoms with van der Waals surface area (Å²) in [6.07, 6.45) is 2.33. The Morgan fingerprint density at radius 3 is 2.93 bits per heavy atom. The molecule has 0 radical (unpaired) electrons. The maximum atomic E-state index is 11.1. The first kappa shape index (κ1) is 11.3. The van der Waals surface area contributed by atoms with Gasteiger partial charge < -0.3 is 15.0 Å². The van der Waals surface area contributed by atoms with E-state index in [1.54, 1.807) is 0 Å². The number of carbonyl (C=O) groups is 2. The summed E-state index contributed by atoms with van der Waals surface area (Å²) in [5.74, 6) is -0.833. The van der Waals surface area contributed by atoms with Crippen molar-refractivity contribution in [1.82, 2.24) is 10.3 Å². The van der Waals surface area contributed by atoms with Crippen LogP contribution in [0.25, 0.3) is 0 Å². The lowest BCUT2D eigenvalue weighted by atomic mass is 10.3. The van der Waals surface area contributed by atoms with E-state index in [0.29, 0.717) is 6.54 Å². The van der Waals surface area contributed by atoms with Gasteiger partial charge in [-0.2, -0.15) is 0 Å². The number of hydrogen-bond acceptors (Lipinski definition) is 3. The summed E-state index contributed by atoms with van der Waals surface area (Å²) in [5, 5.41) is 2.63. The summed E-state index contributed by atoms with van der Waals surface area (Å²) in [6, 6.07) is 3.83. The van der Waals surface area contributed by atoms with Gasteiger partial charge in [-0.3, -0.25) is 9.59 Å². The summed E-state index contributed by atoms with van der Waals surface area (Å²) in [5.41, 5.74) is 1.05. The molecule has 0 spiro atoms. The average Bonchev–Trinajstić information content (AvgIpc) is 2.70. The third-order valence-electron chi connectivity index (χ3n) is 1.91. The largest absolute Gasteiger partial charge is 0.469 e. The van der Waals surface area contributed by atoms with Crippen LogP contribution in [0, 0.1) is 0 Å². The van der Waals surface area contributed by atoms with Gasteiger partial charge in [-0.25, -0.2) is 0 Å². The van der Waals surface area contributed by atoms with Crippen molar-refractivity contribution in [2.45, 2.75) is 12.8 Å². The minimum atomic E-state index is -0.521. The molecule has 5 nitrogen and oxygen atoms in total. The van der Waals surface area contributed by atoms with Crippen molar-refractivity contribution in [2.75, 3.05) is 13.7 Å². The van der Waals surface area contributed by atoms with Crippen LogP contribution in [-0.4, -0.2) is 30.5 Å². The van der Waals surface area contributed by atoms with Gasteiger partial charge in [-0.1, -0.05) is 0 Å². The van der Waals surface area contributed by atoms with Crippen LogP contribution in [0.4, 0.5) is 0 Å². The number of nitrogens with one attached hydrogen (secondary N) is 2. The van der Waals surface area contributed by atoms with Gasteiger partial charge in [0.1, 0.15) is 6.42 Å². The molecule has 2 N–H and O–H groups in total. The Bertz CT molecular complexity index is 319. The molecule has 1 aromatic rings. The molecule has 1 rings (SSSR count). The number of H-pyrrole nitrogens is 1. The van der Waals surface area contributed by atoms with E-state index in [1.807, 2.05) is 18.3 Å². The van der Waals surface area contributed by atoms with Crippen molar-refractivity contribution >= 4 is 11.9 Å². The molecule has 1 aromatic heterocycles. The minimum absolute atomic E-state index is 0.221. The van der Waals surface area contributed by atoms with Crippen LogP contribution < -0.4 is 5.32 Å². The number of carbonyl (C=O) groups excluding carboxylic acids is 2. The highest BCUT2D eigenvalue weighted by atomic mass is 16.5. The van der Waals surface area contributed by atoms with E-state index < -0.39 is 5.97 Å². The van der Waals surface area contributed by atoms with Crippen molar-refractivity contribution in [2.24, 2.45) is 0 Å². The zero-order chi connectivity index (χ0) is 11.1. The second kappa shape index (κ2) is 5.85. The van der Waals surface area contributed by atoms with Gasteiger partial charge in [0.15, 0.2) is 0 Å². The lowest BCUT2D eigenvalue weighted by Gasteiger charge is -2.02. The smallest absolute Gasteiger partial charge is 0.315 e. The molecule has 0 saturated heterocycles. The molecule has 0 atom stereocenters. The fourth-order valence-corrected chi connectivity index (χ4v) is 1.13. The van der Waals surface area contributed by atoms with Gasteiger partial charge >= 0.3 is 5.97 Å². The number of hydrogen-bond donors (Lipinski definition) is 2. The molecule has 1 heterocycles. The highest BCUT2D eigenvalue weighted by Crippen LogP contribution is 1.94. The molecular formula is C10H14N2O3. The molecule has 0 fully saturated rings. The maximum Gasteiger partial charge on any atom is 0.315 e. The Balaban J connectivity index is 2.15. The second-order valence-corrected chi connectivity index (χ2v) is 3.05. The molecule has 0 aliphatic rings. The monoisotopic (exact) mass is 210 g/mol. The lowest BCUT2D eigenvalue weighted by Crippen LogP contribution is -2.28. The summed E-state index contributed by atoms with van der Waals surface area (Å²) in [6.45, 7) is 0.510. The van der Waals surface area contributed by atoms with Crippen molar-refractivity contribution < 1.29 is 14.3 Å². The minimum Gasteiger partial charge on any atom is -0.469 e. The summed E-state index contributed by atoms with van der Waals surface area (Å²) in [4.78, 5) is 24.9. The third kappa shape index (κ3) is 4.30. The Morgan fingerprint density at radius 2 is 2.33 bits per heavy atom. The van der Waals surface area contributed by atoms with Crippen LogP contribution in [0.5, 0.6) is 0 Å². The number of aromatic amines is 1. The molecule has 0 saturated carbocycles. The van der Waals surface area contributed by atoms with Crippen molar-refractivity contribution in [1.29, 1.82) is 0 Å². The Kier molecular flexibility index (Phi) is 4.40. The van der Waals surface area contributed by atoms with E-state index in [-0.39, 0.29) is 12.3 Å². The lowest BCUT2D eigenvalue weighted by molar-refractivity contribution is -0.143. The molecule has 5 heteroatoms. The second-order valence-electron chi connectivity index (χ2n) is 3.05. The SMILES string of the molecule is COC(=O)CC(=O)NCCc1ccc[nH]1. The molecule has 0 unspecified atom stereocenters. The average molecular weight is 210 g/mol. The van der Waals surface area contributed by atoms with Gasteiger partial charge in [-0.15, -0.1) is 0 Å². The predicted octanol–water partition coefficient (Wildman–Crippen LogP) is 0.236. The van der Waals surface area contributed by atoms with Gasteiger partial charge in [0.2, 0.25) is 5.91 Å². The number of esters is 1. The molecule has 0 aliphatic heterocycles. The van der Waals surface area contributed by atoms with Gasteiger partial charge in [0.05, 0.1) is 7.11 Å². The first-order valence-electron chi connectivity index (χ1n) is 4.68. The van der Waals surface area contributed by atoms with E-state index in [1.165, 1.54) is 7.11 Å².